The number of piperidine rings is 1. The number of imidazole rings is 1. The molecule has 48 heavy (non-hydrogen) atoms. The minimum atomic E-state index is -0.552. The van der Waals surface area contributed by atoms with Gasteiger partial charge in [0.1, 0.15) is 35.3 Å². The second kappa shape index (κ2) is 12.1. The van der Waals surface area contributed by atoms with E-state index in [0.29, 0.717) is 58.1 Å². The number of benzene rings is 3. The Labute approximate surface area is 278 Å². The number of aryl methyl sites for hydroxylation is 1. The van der Waals surface area contributed by atoms with E-state index in [9.17, 15) is 4.79 Å². The fraction of sp³-hybridized carbons (Fsp3) is 0.389. The van der Waals surface area contributed by atoms with Gasteiger partial charge in [0, 0.05) is 55.1 Å². The zero-order valence-electron chi connectivity index (χ0n) is 27.9. The van der Waals surface area contributed by atoms with E-state index in [1.165, 1.54) is 6.33 Å². The molecule has 2 bridgehead atoms. The van der Waals surface area contributed by atoms with Gasteiger partial charge in [0.15, 0.2) is 17.3 Å². The first-order chi connectivity index (χ1) is 23.0. The topological polar surface area (TPSA) is 113 Å². The lowest BCUT2D eigenvalue weighted by Crippen LogP contribution is -2.50. The van der Waals surface area contributed by atoms with E-state index in [0.717, 1.165) is 23.9 Å². The van der Waals surface area contributed by atoms with E-state index in [1.807, 2.05) is 61.6 Å². The first-order valence-corrected chi connectivity index (χ1v) is 16.1. The third-order valence-electron chi connectivity index (χ3n) is 9.02. The van der Waals surface area contributed by atoms with Crippen LogP contribution in [-0.4, -0.2) is 61.4 Å². The van der Waals surface area contributed by atoms with E-state index in [2.05, 4.69) is 20.3 Å². The van der Waals surface area contributed by atoms with Crippen molar-refractivity contribution in [2.45, 2.75) is 77.2 Å². The maximum atomic E-state index is 15.8. The summed E-state index contributed by atoms with van der Waals surface area (Å²) in [7, 11) is 3.51. The fourth-order valence-electron chi connectivity index (χ4n) is 6.74. The molecule has 0 saturated carbocycles. The Morgan fingerprint density at radius 1 is 0.958 bits per heavy atom. The number of hydrogen-bond donors (Lipinski definition) is 1. The van der Waals surface area contributed by atoms with Crippen LogP contribution in [0.3, 0.4) is 0 Å². The molecule has 12 heteroatoms. The number of carbonyl (C=O) groups is 1. The van der Waals surface area contributed by atoms with Gasteiger partial charge >= 0.3 is 6.09 Å². The largest absolute Gasteiger partial charge is 0.493 e. The van der Waals surface area contributed by atoms with Gasteiger partial charge in [-0.3, -0.25) is 0 Å². The van der Waals surface area contributed by atoms with Crippen molar-refractivity contribution in [3.05, 3.63) is 66.5 Å². The van der Waals surface area contributed by atoms with Crippen molar-refractivity contribution in [1.29, 1.82) is 0 Å². The predicted octanol–water partition coefficient (Wildman–Crippen LogP) is 7.82. The molecule has 1 N–H and O–H groups in total. The Balaban J connectivity index is 1.11. The molecular weight excluding hydrogens is 615 g/mol. The molecule has 4 heterocycles. The van der Waals surface area contributed by atoms with Gasteiger partial charge in [-0.05, 0) is 70.9 Å². The molecule has 2 saturated heterocycles. The second-order valence-corrected chi connectivity index (χ2v) is 13.5. The SMILES string of the molecule is COc1cc2ncnc(Nc3ccc(Oc4ccc5c(c4)ncn5C)c(C)c3F)c2cc1OC1CC2CCC(C1)N2C(=O)OC(C)(C)C. The number of aromatic nitrogens is 4. The average Bonchev–Trinajstić information content (AvgIpc) is 3.55. The monoisotopic (exact) mass is 654 g/mol. The van der Waals surface area contributed by atoms with Crippen molar-refractivity contribution >= 4 is 39.5 Å². The maximum Gasteiger partial charge on any atom is 0.410 e. The summed E-state index contributed by atoms with van der Waals surface area (Å²) in [5.41, 5.74) is 2.41. The Bertz CT molecular complexity index is 2010. The number of carbonyl (C=O) groups excluding carboxylic acids is 1. The molecule has 2 unspecified atom stereocenters. The number of anilines is 2. The van der Waals surface area contributed by atoms with E-state index in [1.54, 1.807) is 38.6 Å². The van der Waals surface area contributed by atoms with Gasteiger partial charge in [0.25, 0.3) is 0 Å². The molecule has 11 nitrogen and oxygen atoms in total. The number of rotatable bonds is 7. The first kappa shape index (κ1) is 31.5. The second-order valence-electron chi connectivity index (χ2n) is 13.5. The highest BCUT2D eigenvalue weighted by Crippen LogP contribution is 2.42. The molecule has 2 aromatic heterocycles. The molecule has 0 spiro atoms. The van der Waals surface area contributed by atoms with Crippen molar-refractivity contribution < 1.29 is 28.1 Å². The van der Waals surface area contributed by atoms with Crippen LogP contribution >= 0.6 is 0 Å². The summed E-state index contributed by atoms with van der Waals surface area (Å²) in [4.78, 5) is 28.1. The minimum Gasteiger partial charge on any atom is -0.493 e. The van der Waals surface area contributed by atoms with E-state index >= 15 is 4.39 Å². The molecule has 5 aromatic rings. The molecule has 2 aliphatic rings. The van der Waals surface area contributed by atoms with Crippen LogP contribution in [0.5, 0.6) is 23.0 Å². The van der Waals surface area contributed by atoms with E-state index < -0.39 is 11.4 Å². The minimum absolute atomic E-state index is 0.0479. The van der Waals surface area contributed by atoms with Gasteiger partial charge in [-0.15, -0.1) is 0 Å². The first-order valence-electron chi connectivity index (χ1n) is 16.1. The lowest BCUT2D eigenvalue weighted by Gasteiger charge is -2.39. The summed E-state index contributed by atoms with van der Waals surface area (Å²) >= 11 is 0. The lowest BCUT2D eigenvalue weighted by atomic mass is 10.00. The highest BCUT2D eigenvalue weighted by atomic mass is 19.1. The molecule has 7 rings (SSSR count). The lowest BCUT2D eigenvalue weighted by molar-refractivity contribution is -0.00735. The van der Waals surface area contributed by atoms with Gasteiger partial charge in [-0.1, -0.05) is 0 Å². The van der Waals surface area contributed by atoms with Crippen LogP contribution < -0.4 is 19.5 Å². The third kappa shape index (κ3) is 6.02. The summed E-state index contributed by atoms with van der Waals surface area (Å²) in [5, 5.41) is 3.80. The fourth-order valence-corrected chi connectivity index (χ4v) is 6.74. The van der Waals surface area contributed by atoms with Crippen molar-refractivity contribution in [2.75, 3.05) is 12.4 Å². The number of nitrogens with zero attached hydrogens (tertiary/aromatic N) is 5. The number of methoxy groups -OCH3 is 1. The molecule has 2 aliphatic heterocycles. The van der Waals surface area contributed by atoms with Gasteiger partial charge in [0.2, 0.25) is 0 Å². The summed E-state index contributed by atoms with van der Waals surface area (Å²) < 4.78 is 41.7. The van der Waals surface area contributed by atoms with Crippen molar-refractivity contribution in [3.63, 3.8) is 0 Å². The standard InChI is InChI=1S/C36H39FN6O5/c1-20-30(46-23-9-11-29-28(15-23)40-19-42(29)5)12-10-26(33(20)37)41-34-25-16-32(31(45-6)17-27(25)38-18-39-34)47-24-13-21-7-8-22(14-24)43(21)35(44)48-36(2,3)4/h9-12,15-19,21-22,24H,7-8,13-14H2,1-6H3,(H,38,39,41). The Morgan fingerprint density at radius 3 is 2.46 bits per heavy atom. The summed E-state index contributed by atoms with van der Waals surface area (Å²) in [5.74, 6) is 1.98. The molecule has 0 aliphatic carbocycles. The molecule has 1 amide bonds. The number of ether oxygens (including phenoxy) is 4. The van der Waals surface area contributed by atoms with Gasteiger partial charge < -0.3 is 33.7 Å². The molecule has 3 aromatic carbocycles. The van der Waals surface area contributed by atoms with Gasteiger partial charge in [-0.2, -0.15) is 0 Å². The quantitative estimate of drug-likeness (QED) is 0.188. The summed E-state index contributed by atoms with van der Waals surface area (Å²) in [6, 6.07) is 12.6. The Hall–Kier alpha value is -5.13. The van der Waals surface area contributed by atoms with Crippen molar-refractivity contribution in [2.24, 2.45) is 7.05 Å². The van der Waals surface area contributed by atoms with E-state index in [-0.39, 0.29) is 30.0 Å². The number of amides is 1. The predicted molar refractivity (Wildman–Crippen MR) is 180 cm³/mol. The summed E-state index contributed by atoms with van der Waals surface area (Å²) in [6.07, 6.45) is 5.96. The van der Waals surface area contributed by atoms with E-state index in [4.69, 9.17) is 18.9 Å². The zero-order valence-corrected chi connectivity index (χ0v) is 27.9. The van der Waals surface area contributed by atoms with Crippen molar-refractivity contribution in [1.82, 2.24) is 24.4 Å². The molecular formula is C36H39FN6O5. The third-order valence-corrected chi connectivity index (χ3v) is 9.02. The van der Waals surface area contributed by atoms with Gasteiger partial charge in [0.05, 0.1) is 35.7 Å². The highest BCUT2D eigenvalue weighted by Gasteiger charge is 2.45. The van der Waals surface area contributed by atoms with Crippen LogP contribution in [-0.2, 0) is 11.8 Å². The molecule has 2 atom stereocenters. The highest BCUT2D eigenvalue weighted by molar-refractivity contribution is 5.93. The van der Waals surface area contributed by atoms with Crippen LogP contribution in [0.4, 0.5) is 20.7 Å². The van der Waals surface area contributed by atoms with Gasteiger partial charge in [-0.25, -0.2) is 24.1 Å². The smallest absolute Gasteiger partial charge is 0.410 e. The number of fused-ring (bicyclic) bond motifs is 4. The Kier molecular flexibility index (Phi) is 7.97. The number of hydrogen-bond acceptors (Lipinski definition) is 9. The molecule has 2 fully saturated rings. The average molecular weight is 655 g/mol. The maximum absolute atomic E-state index is 15.8. The number of nitrogens with one attached hydrogen (secondary N) is 1. The van der Waals surface area contributed by atoms with Crippen LogP contribution in [0.25, 0.3) is 21.9 Å². The summed E-state index contributed by atoms with van der Waals surface area (Å²) in [6.45, 7) is 7.31. The van der Waals surface area contributed by atoms with Crippen LogP contribution in [0.2, 0.25) is 0 Å². The zero-order chi connectivity index (χ0) is 33.7. The number of halogens is 1. The van der Waals surface area contributed by atoms with Crippen LogP contribution in [0, 0.1) is 12.7 Å². The van der Waals surface area contributed by atoms with Crippen LogP contribution in [0.1, 0.15) is 52.0 Å². The van der Waals surface area contributed by atoms with Crippen molar-refractivity contribution in [3.8, 4) is 23.0 Å². The van der Waals surface area contributed by atoms with Crippen LogP contribution in [0.15, 0.2) is 55.1 Å². The molecule has 250 valence electrons. The Morgan fingerprint density at radius 2 is 1.73 bits per heavy atom. The molecule has 0 radical (unpaired) electrons. The normalized spacial score (nSPS) is 19.1.